The topological polar surface area (TPSA) is 74.8 Å². The van der Waals surface area contributed by atoms with Crippen molar-refractivity contribution in [2.75, 3.05) is 9.21 Å². The maximum absolute atomic E-state index is 14.4. The van der Waals surface area contributed by atoms with Crippen molar-refractivity contribution in [3.63, 3.8) is 0 Å². The van der Waals surface area contributed by atoms with E-state index in [0.29, 0.717) is 9.87 Å². The van der Waals surface area contributed by atoms with Crippen LogP contribution in [-0.2, 0) is 16.6 Å². The number of carbonyl (C=O) groups is 2. The molecule has 4 rings (SSSR count). The van der Waals surface area contributed by atoms with Crippen molar-refractivity contribution in [2.24, 2.45) is 0 Å². The van der Waals surface area contributed by atoms with E-state index in [2.05, 4.69) is 0 Å². The zero-order chi connectivity index (χ0) is 22.3. The van der Waals surface area contributed by atoms with Gasteiger partial charge in [-0.05, 0) is 55.5 Å². The number of anilines is 2. The Morgan fingerprint density at radius 2 is 1.68 bits per heavy atom. The molecule has 0 unspecified atom stereocenters. The van der Waals surface area contributed by atoms with Crippen molar-refractivity contribution in [3.8, 4) is 0 Å². The number of hydrogen-bond donors (Lipinski definition) is 0. The van der Waals surface area contributed by atoms with Gasteiger partial charge in [0.25, 0.3) is 10.0 Å². The molecule has 31 heavy (non-hydrogen) atoms. The number of halogens is 2. The van der Waals surface area contributed by atoms with Crippen LogP contribution in [0, 0.1) is 5.82 Å². The SMILES string of the molecule is CC(=O)c1ccc(N2C(=O)N(Cc3c(F)cccc3Cl)c3ccccc3S2(=O)=O)cc1. The van der Waals surface area contributed by atoms with E-state index in [9.17, 15) is 22.4 Å². The summed E-state index contributed by atoms with van der Waals surface area (Å²) in [5.41, 5.74) is 0.636. The third kappa shape index (κ3) is 3.58. The Labute approximate surface area is 183 Å². The molecule has 3 aromatic rings. The van der Waals surface area contributed by atoms with Gasteiger partial charge in [0.1, 0.15) is 10.7 Å². The first-order chi connectivity index (χ1) is 14.7. The van der Waals surface area contributed by atoms with E-state index in [1.807, 2.05) is 0 Å². The molecule has 158 valence electrons. The molecule has 0 saturated carbocycles. The number of ketones is 1. The molecule has 0 saturated heterocycles. The largest absolute Gasteiger partial charge is 0.343 e. The lowest BCUT2D eigenvalue weighted by Crippen LogP contribution is -2.50. The van der Waals surface area contributed by atoms with E-state index in [0.717, 1.165) is 0 Å². The number of benzene rings is 3. The Hall–Kier alpha value is -3.23. The minimum absolute atomic E-state index is 0.0640. The van der Waals surface area contributed by atoms with Gasteiger partial charge >= 0.3 is 6.03 Å². The molecule has 0 fully saturated rings. The molecular weight excluding hydrogens is 443 g/mol. The monoisotopic (exact) mass is 458 g/mol. The van der Waals surface area contributed by atoms with Crippen LogP contribution in [0.4, 0.5) is 20.6 Å². The van der Waals surface area contributed by atoms with Crippen LogP contribution in [0.25, 0.3) is 0 Å². The molecule has 1 heterocycles. The van der Waals surface area contributed by atoms with Gasteiger partial charge in [0.15, 0.2) is 5.78 Å². The standard InChI is InChI=1S/C22H16ClFN2O4S/c1-14(27)15-9-11-16(12-10-15)26-22(28)25(13-17-18(23)5-4-6-19(17)24)20-7-2-3-8-21(20)31(26,29)30/h2-12H,13H2,1H3. The number of urea groups is 1. The van der Waals surface area contributed by atoms with Gasteiger partial charge in [0.05, 0.1) is 17.9 Å². The first kappa shape index (κ1) is 21.0. The molecule has 1 aliphatic heterocycles. The molecule has 0 N–H and O–H groups in total. The van der Waals surface area contributed by atoms with E-state index in [1.165, 1.54) is 72.5 Å². The van der Waals surface area contributed by atoms with Crippen LogP contribution < -0.4 is 9.21 Å². The van der Waals surface area contributed by atoms with Crippen molar-refractivity contribution in [1.82, 2.24) is 0 Å². The van der Waals surface area contributed by atoms with Gasteiger partial charge in [-0.2, -0.15) is 4.31 Å². The summed E-state index contributed by atoms with van der Waals surface area (Å²) in [7, 11) is -4.23. The van der Waals surface area contributed by atoms with Crippen molar-refractivity contribution in [2.45, 2.75) is 18.4 Å². The summed E-state index contributed by atoms with van der Waals surface area (Å²) in [6, 6.07) is 14.9. The quantitative estimate of drug-likeness (QED) is 0.514. The molecule has 3 aromatic carbocycles. The fourth-order valence-corrected chi connectivity index (χ4v) is 5.20. The smallest absolute Gasteiger partial charge is 0.295 e. The maximum Gasteiger partial charge on any atom is 0.343 e. The molecule has 6 nitrogen and oxygen atoms in total. The number of fused-ring (bicyclic) bond motifs is 1. The van der Waals surface area contributed by atoms with E-state index < -0.39 is 21.9 Å². The average molecular weight is 459 g/mol. The van der Waals surface area contributed by atoms with Gasteiger partial charge in [-0.15, -0.1) is 0 Å². The van der Waals surface area contributed by atoms with Crippen molar-refractivity contribution in [3.05, 3.63) is 88.7 Å². The predicted octanol–water partition coefficient (Wildman–Crippen LogP) is 5.02. The van der Waals surface area contributed by atoms with Crippen molar-refractivity contribution < 1.29 is 22.4 Å². The van der Waals surface area contributed by atoms with Crippen LogP contribution in [0.2, 0.25) is 5.02 Å². The van der Waals surface area contributed by atoms with E-state index in [-0.39, 0.29) is 39.2 Å². The zero-order valence-electron chi connectivity index (χ0n) is 16.2. The van der Waals surface area contributed by atoms with Gasteiger partial charge in [0, 0.05) is 16.1 Å². The predicted molar refractivity (Wildman–Crippen MR) is 116 cm³/mol. The van der Waals surface area contributed by atoms with Crippen LogP contribution in [0.3, 0.4) is 0 Å². The van der Waals surface area contributed by atoms with Gasteiger partial charge in [-0.3, -0.25) is 9.69 Å². The Morgan fingerprint density at radius 3 is 2.32 bits per heavy atom. The first-order valence-electron chi connectivity index (χ1n) is 9.21. The minimum Gasteiger partial charge on any atom is -0.295 e. The first-order valence-corrected chi connectivity index (χ1v) is 11.0. The number of para-hydroxylation sites is 1. The molecule has 0 spiro atoms. The highest BCUT2D eigenvalue weighted by Gasteiger charge is 2.42. The van der Waals surface area contributed by atoms with Crippen molar-refractivity contribution >= 4 is 44.8 Å². The highest BCUT2D eigenvalue weighted by atomic mass is 35.5. The van der Waals surface area contributed by atoms with Gasteiger partial charge in [-0.1, -0.05) is 29.8 Å². The normalized spacial score (nSPS) is 15.0. The van der Waals surface area contributed by atoms with Crippen LogP contribution in [0.1, 0.15) is 22.8 Å². The van der Waals surface area contributed by atoms with Gasteiger partial charge < -0.3 is 0 Å². The molecular formula is C22H16ClFN2O4S. The lowest BCUT2D eigenvalue weighted by atomic mass is 10.1. The second-order valence-electron chi connectivity index (χ2n) is 6.91. The summed E-state index contributed by atoms with van der Waals surface area (Å²) in [6.45, 7) is 1.12. The van der Waals surface area contributed by atoms with E-state index in [4.69, 9.17) is 11.6 Å². The highest BCUT2D eigenvalue weighted by Crippen LogP contribution is 2.38. The summed E-state index contributed by atoms with van der Waals surface area (Å²) in [4.78, 5) is 26.0. The fourth-order valence-electron chi connectivity index (χ4n) is 3.39. The average Bonchev–Trinajstić information content (AvgIpc) is 2.73. The number of hydrogen-bond acceptors (Lipinski definition) is 4. The molecule has 0 bridgehead atoms. The number of amides is 2. The fraction of sp³-hybridized carbons (Fsp3) is 0.0909. The second-order valence-corrected chi connectivity index (χ2v) is 9.07. The number of rotatable bonds is 4. The van der Waals surface area contributed by atoms with E-state index in [1.54, 1.807) is 6.07 Å². The lowest BCUT2D eigenvalue weighted by Gasteiger charge is -2.36. The zero-order valence-corrected chi connectivity index (χ0v) is 17.8. The van der Waals surface area contributed by atoms with Crippen LogP contribution >= 0.6 is 11.6 Å². The molecule has 0 atom stereocenters. The third-order valence-corrected chi connectivity index (χ3v) is 7.07. The Morgan fingerprint density at radius 1 is 1.00 bits per heavy atom. The molecule has 0 aromatic heterocycles. The Bertz CT molecular complexity index is 1290. The Balaban J connectivity index is 1.87. The van der Waals surface area contributed by atoms with E-state index >= 15 is 0 Å². The van der Waals surface area contributed by atoms with Gasteiger partial charge in [-0.25, -0.2) is 17.6 Å². The van der Waals surface area contributed by atoms with Crippen LogP contribution in [-0.4, -0.2) is 20.2 Å². The summed E-state index contributed by atoms with van der Waals surface area (Å²) in [5.74, 6) is -0.802. The second kappa shape index (κ2) is 7.79. The van der Waals surface area contributed by atoms with Gasteiger partial charge in [0.2, 0.25) is 0 Å². The number of sulfonamides is 1. The minimum atomic E-state index is -4.23. The summed E-state index contributed by atoms with van der Waals surface area (Å²) in [6.07, 6.45) is 0. The van der Waals surface area contributed by atoms with Crippen molar-refractivity contribution in [1.29, 1.82) is 0 Å². The third-order valence-electron chi connectivity index (χ3n) is 4.97. The summed E-state index contributed by atoms with van der Waals surface area (Å²) >= 11 is 6.14. The molecule has 9 heteroatoms. The maximum atomic E-state index is 14.4. The molecule has 2 amide bonds. The number of Topliss-reactive ketones (excluding diaryl/α,β-unsaturated/α-hetero) is 1. The van der Waals surface area contributed by atoms with Crippen LogP contribution in [0.15, 0.2) is 71.6 Å². The lowest BCUT2D eigenvalue weighted by molar-refractivity contribution is 0.101. The number of nitrogens with zero attached hydrogens (tertiary/aromatic N) is 2. The summed E-state index contributed by atoms with van der Waals surface area (Å²) < 4.78 is 41.6. The molecule has 0 radical (unpaired) electrons. The number of carbonyl (C=O) groups excluding carboxylic acids is 2. The molecule has 1 aliphatic rings. The summed E-state index contributed by atoms with van der Waals surface area (Å²) in [5, 5.41) is 0.121. The molecule has 0 aliphatic carbocycles. The highest BCUT2D eigenvalue weighted by molar-refractivity contribution is 7.94. The van der Waals surface area contributed by atoms with Crippen LogP contribution in [0.5, 0.6) is 0 Å². The Kier molecular flexibility index (Phi) is 5.28.